The van der Waals surface area contributed by atoms with Crippen LogP contribution < -0.4 is 10.1 Å². The van der Waals surface area contributed by atoms with Gasteiger partial charge in [0, 0.05) is 18.3 Å². The molecule has 0 radical (unpaired) electrons. The summed E-state index contributed by atoms with van der Waals surface area (Å²) in [7, 11) is -3.16. The van der Waals surface area contributed by atoms with Crippen LogP contribution in [0, 0.1) is 0 Å². The fourth-order valence-electron chi connectivity index (χ4n) is 1.91. The van der Waals surface area contributed by atoms with Gasteiger partial charge < -0.3 is 15.2 Å². The first-order valence-electron chi connectivity index (χ1n) is 6.79. The normalized spacial score (nSPS) is 16.9. The Morgan fingerprint density at radius 1 is 1.35 bits per heavy atom. The third kappa shape index (κ3) is 4.77. The van der Waals surface area contributed by atoms with Crippen molar-refractivity contribution in [3.8, 4) is 5.75 Å². The van der Waals surface area contributed by atoms with E-state index in [1.165, 1.54) is 31.2 Å². The zero-order valence-corrected chi connectivity index (χ0v) is 12.4. The molecule has 1 aromatic carbocycles. The highest BCUT2D eigenvalue weighted by atomic mass is 32.2. The molecule has 0 spiro atoms. The molecule has 1 atom stereocenters. The number of aliphatic hydroxyl groups excluding tert-OH is 1. The Morgan fingerprint density at radius 3 is 2.50 bits per heavy atom. The van der Waals surface area contributed by atoms with Crippen LogP contribution in [0.2, 0.25) is 0 Å². The first-order chi connectivity index (χ1) is 9.49. The van der Waals surface area contributed by atoms with Gasteiger partial charge in [0.05, 0.1) is 18.1 Å². The van der Waals surface area contributed by atoms with Crippen LogP contribution in [0.5, 0.6) is 5.75 Å². The van der Waals surface area contributed by atoms with Gasteiger partial charge in [0.25, 0.3) is 0 Å². The molecule has 0 aromatic heterocycles. The number of hydrogen-bond donors (Lipinski definition) is 2. The summed E-state index contributed by atoms with van der Waals surface area (Å²) in [6.07, 6.45) is 4.27. The fourth-order valence-corrected chi connectivity index (χ4v) is 2.54. The minimum Gasteiger partial charge on any atom is -0.494 e. The third-order valence-electron chi connectivity index (χ3n) is 3.26. The second-order valence-corrected chi connectivity index (χ2v) is 7.22. The van der Waals surface area contributed by atoms with E-state index in [0.717, 1.165) is 6.42 Å². The van der Waals surface area contributed by atoms with Gasteiger partial charge in [0.15, 0.2) is 9.84 Å². The Hall–Kier alpha value is -1.11. The molecular formula is C14H21NO4S. The molecule has 0 aliphatic heterocycles. The number of sulfone groups is 1. The number of benzene rings is 1. The monoisotopic (exact) mass is 299 g/mol. The summed E-state index contributed by atoms with van der Waals surface area (Å²) in [6.45, 7) is 0.593. The van der Waals surface area contributed by atoms with Gasteiger partial charge in [-0.25, -0.2) is 8.42 Å². The van der Waals surface area contributed by atoms with E-state index in [9.17, 15) is 13.5 Å². The lowest BCUT2D eigenvalue weighted by molar-refractivity contribution is 0.207. The molecule has 1 aliphatic rings. The number of rotatable bonds is 8. The van der Waals surface area contributed by atoms with Crippen molar-refractivity contribution in [1.29, 1.82) is 0 Å². The van der Waals surface area contributed by atoms with Crippen molar-refractivity contribution in [2.75, 3.05) is 19.5 Å². The fraction of sp³-hybridized carbons (Fsp3) is 0.571. The average Bonchev–Trinajstić information content (AvgIpc) is 3.21. The minimum absolute atomic E-state index is 0.0674. The Balaban J connectivity index is 1.78. The van der Waals surface area contributed by atoms with Crippen LogP contribution in [0.4, 0.5) is 0 Å². The Kier molecular flexibility index (Phi) is 5.01. The van der Waals surface area contributed by atoms with Crippen LogP contribution in [0.15, 0.2) is 29.2 Å². The van der Waals surface area contributed by atoms with E-state index in [0.29, 0.717) is 18.4 Å². The van der Waals surface area contributed by atoms with Gasteiger partial charge in [0.2, 0.25) is 0 Å². The van der Waals surface area contributed by atoms with Gasteiger partial charge in [-0.3, -0.25) is 0 Å². The van der Waals surface area contributed by atoms with E-state index in [1.807, 2.05) is 0 Å². The first kappa shape index (κ1) is 15.3. The molecule has 0 heterocycles. The van der Waals surface area contributed by atoms with Gasteiger partial charge in [-0.2, -0.15) is 0 Å². The van der Waals surface area contributed by atoms with Crippen molar-refractivity contribution in [2.45, 2.75) is 36.2 Å². The topological polar surface area (TPSA) is 75.6 Å². The highest BCUT2D eigenvalue weighted by Crippen LogP contribution is 2.20. The van der Waals surface area contributed by atoms with Crippen molar-refractivity contribution in [2.24, 2.45) is 0 Å². The van der Waals surface area contributed by atoms with Crippen LogP contribution in [0.1, 0.15) is 19.3 Å². The number of nitrogens with one attached hydrogen (secondary N) is 1. The smallest absolute Gasteiger partial charge is 0.175 e. The summed E-state index contributed by atoms with van der Waals surface area (Å²) >= 11 is 0. The van der Waals surface area contributed by atoms with Crippen molar-refractivity contribution >= 4 is 9.84 Å². The molecule has 6 heteroatoms. The molecule has 1 aromatic rings. The largest absolute Gasteiger partial charge is 0.494 e. The maximum Gasteiger partial charge on any atom is 0.175 e. The van der Waals surface area contributed by atoms with E-state index in [2.05, 4.69) is 5.32 Å². The number of aliphatic hydroxyl groups is 1. The lowest BCUT2D eigenvalue weighted by atomic mass is 10.2. The molecule has 112 valence electrons. The second kappa shape index (κ2) is 6.56. The van der Waals surface area contributed by atoms with Crippen molar-refractivity contribution in [3.05, 3.63) is 24.3 Å². The molecule has 1 unspecified atom stereocenters. The summed E-state index contributed by atoms with van der Waals surface area (Å²) < 4.78 is 28.2. The average molecular weight is 299 g/mol. The highest BCUT2D eigenvalue weighted by molar-refractivity contribution is 7.90. The number of ether oxygens (including phenoxy) is 1. The number of hydrogen-bond acceptors (Lipinski definition) is 5. The Labute approximate surface area is 119 Å². The zero-order valence-electron chi connectivity index (χ0n) is 11.6. The maximum atomic E-state index is 11.3. The van der Waals surface area contributed by atoms with Crippen LogP contribution in [-0.4, -0.2) is 45.1 Å². The third-order valence-corrected chi connectivity index (χ3v) is 4.38. The molecule has 20 heavy (non-hydrogen) atoms. The van der Waals surface area contributed by atoms with Gasteiger partial charge >= 0.3 is 0 Å². The predicted molar refractivity (Wildman–Crippen MR) is 76.7 cm³/mol. The van der Waals surface area contributed by atoms with Crippen molar-refractivity contribution in [3.63, 3.8) is 0 Å². The molecule has 1 fully saturated rings. The van der Waals surface area contributed by atoms with Crippen LogP contribution in [0.25, 0.3) is 0 Å². The van der Waals surface area contributed by atoms with Crippen LogP contribution in [0.3, 0.4) is 0 Å². The summed E-state index contributed by atoms with van der Waals surface area (Å²) in [5, 5.41) is 12.6. The molecule has 0 saturated heterocycles. The molecule has 5 nitrogen and oxygen atoms in total. The van der Waals surface area contributed by atoms with Gasteiger partial charge in [-0.05, 0) is 43.5 Å². The second-order valence-electron chi connectivity index (χ2n) is 5.20. The molecule has 1 aliphatic carbocycles. The molecule has 2 rings (SSSR count). The van der Waals surface area contributed by atoms with Crippen LogP contribution >= 0.6 is 0 Å². The zero-order chi connectivity index (χ0) is 14.6. The molecule has 2 N–H and O–H groups in total. The van der Waals surface area contributed by atoms with Gasteiger partial charge in [-0.1, -0.05) is 0 Å². The highest BCUT2D eigenvalue weighted by Gasteiger charge is 2.24. The summed E-state index contributed by atoms with van der Waals surface area (Å²) in [5.74, 6) is 0.639. The van der Waals surface area contributed by atoms with E-state index in [4.69, 9.17) is 4.74 Å². The lowest BCUT2D eigenvalue weighted by Crippen LogP contribution is -2.35. The molecule has 0 bridgehead atoms. The van der Waals surface area contributed by atoms with Gasteiger partial charge in [0.1, 0.15) is 5.75 Å². The van der Waals surface area contributed by atoms with Crippen molar-refractivity contribution < 1.29 is 18.3 Å². The lowest BCUT2D eigenvalue weighted by Gasteiger charge is -2.16. The summed E-state index contributed by atoms with van der Waals surface area (Å²) in [5.41, 5.74) is 0. The van der Waals surface area contributed by atoms with Crippen LogP contribution in [-0.2, 0) is 9.84 Å². The SMILES string of the molecule is CS(=O)(=O)c1ccc(OCCC(CO)NC2CC2)cc1. The van der Waals surface area contributed by atoms with E-state index < -0.39 is 9.84 Å². The van der Waals surface area contributed by atoms with E-state index >= 15 is 0 Å². The van der Waals surface area contributed by atoms with Gasteiger partial charge in [-0.15, -0.1) is 0 Å². The molecule has 1 saturated carbocycles. The standard InChI is InChI=1S/C14H21NO4S/c1-20(17,18)14-6-4-13(5-7-14)19-9-8-12(10-16)15-11-2-3-11/h4-7,11-12,15-16H,2-3,8-10H2,1H3. The van der Waals surface area contributed by atoms with E-state index in [1.54, 1.807) is 12.1 Å². The van der Waals surface area contributed by atoms with E-state index in [-0.39, 0.29) is 17.5 Å². The maximum absolute atomic E-state index is 11.3. The Morgan fingerprint density at radius 2 is 2.00 bits per heavy atom. The summed E-state index contributed by atoms with van der Waals surface area (Å²) in [6, 6.07) is 7.00. The Bertz CT molecular complexity index is 523. The molecule has 0 amide bonds. The summed E-state index contributed by atoms with van der Waals surface area (Å²) in [4.78, 5) is 0.286. The van der Waals surface area contributed by atoms with Crippen molar-refractivity contribution in [1.82, 2.24) is 5.32 Å². The predicted octanol–water partition coefficient (Wildman–Crippen LogP) is 0.972. The minimum atomic E-state index is -3.16. The molecular weight excluding hydrogens is 278 g/mol. The first-order valence-corrected chi connectivity index (χ1v) is 8.68. The quantitative estimate of drug-likeness (QED) is 0.748.